The van der Waals surface area contributed by atoms with Crippen LogP contribution in [0.1, 0.15) is 0 Å². The third-order valence-electron chi connectivity index (χ3n) is 3.93. The maximum absolute atomic E-state index is 12.2. The molecule has 0 spiro atoms. The van der Waals surface area contributed by atoms with Gasteiger partial charge < -0.3 is 18.3 Å². The fourth-order valence-corrected chi connectivity index (χ4v) is 2.63. The molecule has 0 atom stereocenters. The number of ether oxygens (including phenoxy) is 2. The summed E-state index contributed by atoms with van der Waals surface area (Å²) in [6.07, 6.45) is 0. The summed E-state index contributed by atoms with van der Waals surface area (Å²) in [6.45, 7) is 0. The van der Waals surface area contributed by atoms with Gasteiger partial charge in [0.05, 0.1) is 14.2 Å². The fraction of sp³-hybridized carbons (Fsp3) is 0.105. The standard InChI is InChI=1S/C19H14N2O5/c1-23-15-8-7-12(10-16(15)24-2)17-20-21-18(26-17)13-9-11-5-3-4-6-14(11)25-19(13)22/h3-10H,1-2H3. The van der Waals surface area contributed by atoms with Crippen LogP contribution < -0.4 is 15.1 Å². The predicted octanol–water partition coefficient (Wildman–Crippen LogP) is 3.53. The molecule has 26 heavy (non-hydrogen) atoms. The molecular formula is C19H14N2O5. The SMILES string of the molecule is COc1ccc(-c2nnc(-c3cc4ccccc4oc3=O)o2)cc1OC. The second-order valence-corrected chi connectivity index (χ2v) is 5.47. The van der Waals surface area contributed by atoms with Gasteiger partial charge >= 0.3 is 5.63 Å². The Hall–Kier alpha value is -3.61. The van der Waals surface area contributed by atoms with Gasteiger partial charge in [-0.15, -0.1) is 10.2 Å². The first-order chi connectivity index (χ1) is 12.7. The van der Waals surface area contributed by atoms with Gasteiger partial charge in [-0.05, 0) is 30.3 Å². The Morgan fingerprint density at radius 2 is 1.62 bits per heavy atom. The van der Waals surface area contributed by atoms with Crippen molar-refractivity contribution in [2.75, 3.05) is 14.2 Å². The van der Waals surface area contributed by atoms with Gasteiger partial charge in [0.2, 0.25) is 5.89 Å². The molecule has 0 N–H and O–H groups in total. The molecule has 4 rings (SSSR count). The second kappa shape index (κ2) is 6.36. The van der Waals surface area contributed by atoms with Crippen LogP contribution in [-0.2, 0) is 0 Å². The Kier molecular flexibility index (Phi) is 3.89. The summed E-state index contributed by atoms with van der Waals surface area (Å²) < 4.78 is 21.5. The van der Waals surface area contributed by atoms with E-state index in [1.54, 1.807) is 50.6 Å². The molecule has 0 radical (unpaired) electrons. The van der Waals surface area contributed by atoms with E-state index in [0.29, 0.717) is 22.6 Å². The highest BCUT2D eigenvalue weighted by Gasteiger charge is 2.17. The summed E-state index contributed by atoms with van der Waals surface area (Å²) in [7, 11) is 3.10. The number of nitrogens with zero attached hydrogens (tertiary/aromatic N) is 2. The van der Waals surface area contributed by atoms with E-state index >= 15 is 0 Å². The lowest BCUT2D eigenvalue weighted by Gasteiger charge is -2.07. The summed E-state index contributed by atoms with van der Waals surface area (Å²) in [5.41, 5.74) is 0.821. The van der Waals surface area contributed by atoms with Crippen LogP contribution in [0.15, 0.2) is 62.2 Å². The second-order valence-electron chi connectivity index (χ2n) is 5.47. The van der Waals surface area contributed by atoms with Gasteiger partial charge in [-0.2, -0.15) is 0 Å². The maximum atomic E-state index is 12.2. The Morgan fingerprint density at radius 1 is 0.846 bits per heavy atom. The van der Waals surface area contributed by atoms with E-state index < -0.39 is 5.63 Å². The van der Waals surface area contributed by atoms with Crippen molar-refractivity contribution in [3.8, 4) is 34.4 Å². The molecule has 2 aromatic heterocycles. The first-order valence-electron chi connectivity index (χ1n) is 7.79. The third-order valence-corrected chi connectivity index (χ3v) is 3.93. The van der Waals surface area contributed by atoms with E-state index in [-0.39, 0.29) is 17.3 Å². The number of hydrogen-bond acceptors (Lipinski definition) is 7. The maximum Gasteiger partial charge on any atom is 0.349 e. The van der Waals surface area contributed by atoms with Crippen LogP contribution in [0.2, 0.25) is 0 Å². The number of hydrogen-bond donors (Lipinski definition) is 0. The van der Waals surface area contributed by atoms with Gasteiger partial charge in [0.15, 0.2) is 11.5 Å². The minimum atomic E-state index is -0.536. The minimum Gasteiger partial charge on any atom is -0.493 e. The minimum absolute atomic E-state index is 0.0919. The van der Waals surface area contributed by atoms with Crippen molar-refractivity contribution < 1.29 is 18.3 Å². The van der Waals surface area contributed by atoms with Crippen LogP contribution in [0.25, 0.3) is 33.9 Å². The van der Waals surface area contributed by atoms with Gasteiger partial charge in [-0.3, -0.25) is 0 Å². The molecule has 0 amide bonds. The number of para-hydroxylation sites is 1. The summed E-state index contributed by atoms with van der Waals surface area (Å²) in [4.78, 5) is 12.2. The van der Waals surface area contributed by atoms with Gasteiger partial charge in [0, 0.05) is 10.9 Å². The summed E-state index contributed by atoms with van der Waals surface area (Å²) in [5, 5.41) is 8.77. The number of fused-ring (bicyclic) bond motifs is 1. The van der Waals surface area contributed by atoms with E-state index in [9.17, 15) is 4.79 Å². The monoisotopic (exact) mass is 350 g/mol. The number of benzene rings is 2. The van der Waals surface area contributed by atoms with Crippen LogP contribution >= 0.6 is 0 Å². The van der Waals surface area contributed by atoms with Crippen LogP contribution in [0.5, 0.6) is 11.5 Å². The molecule has 0 aliphatic carbocycles. The molecule has 0 saturated heterocycles. The Balaban J connectivity index is 1.77. The summed E-state index contributed by atoms with van der Waals surface area (Å²) in [5.74, 6) is 1.48. The van der Waals surface area contributed by atoms with E-state index in [4.69, 9.17) is 18.3 Å². The molecule has 0 fully saturated rings. The van der Waals surface area contributed by atoms with Gasteiger partial charge in [0.25, 0.3) is 5.89 Å². The largest absolute Gasteiger partial charge is 0.493 e. The molecule has 2 aromatic carbocycles. The third kappa shape index (κ3) is 2.69. The first kappa shape index (κ1) is 15.9. The Morgan fingerprint density at radius 3 is 2.42 bits per heavy atom. The summed E-state index contributed by atoms with van der Waals surface area (Å²) in [6, 6.07) is 14.1. The van der Waals surface area contributed by atoms with Crippen LogP contribution in [0.3, 0.4) is 0 Å². The van der Waals surface area contributed by atoms with E-state index in [1.807, 2.05) is 12.1 Å². The van der Waals surface area contributed by atoms with Crippen LogP contribution in [-0.4, -0.2) is 24.4 Å². The van der Waals surface area contributed by atoms with Crippen molar-refractivity contribution in [1.82, 2.24) is 10.2 Å². The van der Waals surface area contributed by atoms with Crippen LogP contribution in [0.4, 0.5) is 0 Å². The lowest BCUT2D eigenvalue weighted by Crippen LogP contribution is -2.02. The van der Waals surface area contributed by atoms with E-state index in [2.05, 4.69) is 10.2 Å². The van der Waals surface area contributed by atoms with Gasteiger partial charge in [0.1, 0.15) is 11.1 Å². The molecule has 130 valence electrons. The quantitative estimate of drug-likeness (QED) is 0.520. The zero-order valence-electron chi connectivity index (χ0n) is 14.1. The van der Waals surface area contributed by atoms with Crippen molar-refractivity contribution in [2.24, 2.45) is 0 Å². The molecule has 4 aromatic rings. The van der Waals surface area contributed by atoms with Gasteiger partial charge in [-0.25, -0.2) is 4.79 Å². The van der Waals surface area contributed by atoms with E-state index in [0.717, 1.165) is 5.39 Å². The van der Waals surface area contributed by atoms with Crippen molar-refractivity contribution in [2.45, 2.75) is 0 Å². The highest BCUT2D eigenvalue weighted by atomic mass is 16.5. The number of methoxy groups -OCH3 is 2. The lowest BCUT2D eigenvalue weighted by molar-refractivity contribution is 0.355. The Labute approximate surface area is 147 Å². The van der Waals surface area contributed by atoms with Gasteiger partial charge in [-0.1, -0.05) is 18.2 Å². The molecule has 7 heteroatoms. The van der Waals surface area contributed by atoms with Crippen molar-refractivity contribution in [1.29, 1.82) is 0 Å². The molecule has 0 aliphatic heterocycles. The highest BCUT2D eigenvalue weighted by Crippen LogP contribution is 2.32. The molecule has 0 bridgehead atoms. The average molecular weight is 350 g/mol. The Bertz CT molecular complexity index is 1150. The molecule has 2 heterocycles. The molecule has 0 unspecified atom stereocenters. The van der Waals surface area contributed by atoms with Crippen molar-refractivity contribution >= 4 is 11.0 Å². The number of rotatable bonds is 4. The predicted molar refractivity (Wildman–Crippen MR) is 94.3 cm³/mol. The zero-order valence-corrected chi connectivity index (χ0v) is 14.1. The fourth-order valence-electron chi connectivity index (χ4n) is 2.63. The summed E-state index contributed by atoms with van der Waals surface area (Å²) >= 11 is 0. The molecule has 0 saturated carbocycles. The van der Waals surface area contributed by atoms with E-state index in [1.165, 1.54) is 0 Å². The van der Waals surface area contributed by atoms with Crippen molar-refractivity contribution in [3.63, 3.8) is 0 Å². The normalized spacial score (nSPS) is 10.8. The number of aromatic nitrogens is 2. The lowest BCUT2D eigenvalue weighted by atomic mass is 10.2. The molecule has 0 aliphatic rings. The topological polar surface area (TPSA) is 87.6 Å². The smallest absolute Gasteiger partial charge is 0.349 e. The van der Waals surface area contributed by atoms with Crippen molar-refractivity contribution in [3.05, 3.63) is 59.0 Å². The average Bonchev–Trinajstić information content (AvgIpc) is 3.16. The first-order valence-corrected chi connectivity index (χ1v) is 7.79. The molecule has 7 nitrogen and oxygen atoms in total. The van der Waals surface area contributed by atoms with Crippen LogP contribution in [0, 0.1) is 0 Å². The highest BCUT2D eigenvalue weighted by molar-refractivity contribution is 5.80. The molecular weight excluding hydrogens is 336 g/mol. The zero-order chi connectivity index (χ0) is 18.1.